The van der Waals surface area contributed by atoms with E-state index in [1.807, 2.05) is 6.92 Å². The van der Waals surface area contributed by atoms with Crippen LogP contribution in [0.1, 0.15) is 43.1 Å². The molecule has 0 amide bonds. The predicted molar refractivity (Wildman–Crippen MR) is 69.3 cm³/mol. The number of hydrogen-bond donors (Lipinski definition) is 2. The number of carbonyl (C=O) groups is 2. The smallest absolute Gasteiger partial charge is 0.306 e. The fourth-order valence-corrected chi connectivity index (χ4v) is 1.66. The van der Waals surface area contributed by atoms with E-state index in [9.17, 15) is 14.7 Å². The molecule has 0 heterocycles. The van der Waals surface area contributed by atoms with Gasteiger partial charge in [0.2, 0.25) is 0 Å². The minimum atomic E-state index is -2.81. The summed E-state index contributed by atoms with van der Waals surface area (Å²) in [6, 6.07) is 0. The van der Waals surface area contributed by atoms with Crippen LogP contribution in [-0.4, -0.2) is 59.7 Å². The highest BCUT2D eigenvalue weighted by atomic mass is 16.4. The van der Waals surface area contributed by atoms with Gasteiger partial charge in [-0.1, -0.05) is 19.8 Å². The predicted octanol–water partition coefficient (Wildman–Crippen LogP) is 1.05. The first-order chi connectivity index (χ1) is 9.37. The minimum Gasteiger partial charge on any atom is -0.481 e. The maximum Gasteiger partial charge on any atom is 0.306 e. The topological polar surface area (TPSA) is 74.6 Å². The number of aliphatic carboxylic acids is 1. The summed E-state index contributed by atoms with van der Waals surface area (Å²) in [4.78, 5) is 22.6. The number of nitrogens with zero attached hydrogens (tertiary/aromatic N) is 1. The van der Waals surface area contributed by atoms with Gasteiger partial charge in [0.15, 0.2) is 5.78 Å². The molecule has 5 nitrogen and oxygen atoms in total. The van der Waals surface area contributed by atoms with Gasteiger partial charge in [0, 0.05) is 6.42 Å². The van der Waals surface area contributed by atoms with Crippen molar-refractivity contribution in [2.75, 3.05) is 27.1 Å². The first kappa shape index (κ1) is 12.1. The van der Waals surface area contributed by atoms with E-state index in [1.165, 1.54) is 14.1 Å². The largest absolute Gasteiger partial charge is 0.481 e. The Hall–Kier alpha value is -0.940. The van der Waals surface area contributed by atoms with Crippen molar-refractivity contribution in [3.8, 4) is 0 Å². The van der Waals surface area contributed by atoms with Crippen LogP contribution in [0.25, 0.3) is 0 Å². The van der Waals surface area contributed by atoms with E-state index in [1.54, 1.807) is 0 Å². The van der Waals surface area contributed by atoms with Gasteiger partial charge in [-0.3, -0.25) is 9.59 Å². The molecule has 0 aromatic heterocycles. The van der Waals surface area contributed by atoms with Gasteiger partial charge in [-0.05, 0) is 6.42 Å². The summed E-state index contributed by atoms with van der Waals surface area (Å²) < 4.78 is 22.8. The summed E-state index contributed by atoms with van der Waals surface area (Å²) in [5, 5.41) is 18.5. The summed E-state index contributed by atoms with van der Waals surface area (Å²) in [5.41, 5.74) is 0. The molecule has 0 rings (SSSR count). The van der Waals surface area contributed by atoms with Crippen LogP contribution in [0, 0.1) is 0 Å². The Bertz CT molecular complexity index is 384. The number of ketones is 1. The number of hydrogen-bond acceptors (Lipinski definition) is 3. The van der Waals surface area contributed by atoms with Crippen molar-refractivity contribution < 1.29 is 28.4 Å². The summed E-state index contributed by atoms with van der Waals surface area (Å²) in [5.74, 6) is -1.63. The molecule has 0 spiro atoms. The maximum absolute atomic E-state index is 11.9. The zero-order valence-corrected chi connectivity index (χ0v) is 11.4. The molecule has 0 aliphatic heterocycles. The molecule has 0 radical (unpaired) electrons. The van der Waals surface area contributed by atoms with Crippen LogP contribution < -0.4 is 0 Å². The Balaban J connectivity index is 4.93. The van der Waals surface area contributed by atoms with Gasteiger partial charge in [-0.25, -0.2) is 0 Å². The molecule has 2 N–H and O–H groups in total. The molecular weight excluding hydrogens is 234 g/mol. The molecule has 0 fully saturated rings. The molecule has 0 saturated carbocycles. The van der Waals surface area contributed by atoms with Crippen LogP contribution in [-0.2, 0) is 9.59 Å². The molecular formula is C13H26NO4+. The Labute approximate surface area is 113 Å². The molecule has 1 atom stereocenters. The monoisotopic (exact) mass is 263 g/mol. The van der Waals surface area contributed by atoms with Gasteiger partial charge in [-0.15, -0.1) is 0 Å². The number of Topliss-reactive ketones (excluding diaryl/α,β-unsaturated/α-hetero) is 1. The number of carboxylic acids is 1. The molecule has 0 aromatic carbocycles. The van der Waals surface area contributed by atoms with Gasteiger partial charge in [0.25, 0.3) is 0 Å². The Kier molecular flexibility index (Phi) is 5.53. The lowest BCUT2D eigenvalue weighted by Gasteiger charge is -2.30. The van der Waals surface area contributed by atoms with Gasteiger partial charge in [0.1, 0.15) is 19.1 Å². The standard InChI is InChI=1S/C13H25NO4/c1-4-5-6-7-11(15)9-14(2,3)10-12(16)8-13(17)18/h12,16H,4-10H2,1-3H3/p+1/t12-/m1/s1/i10D2,12D. The van der Waals surface area contributed by atoms with Crippen LogP contribution in [0.3, 0.4) is 0 Å². The first-order valence-corrected chi connectivity index (χ1v) is 6.16. The van der Waals surface area contributed by atoms with Crippen molar-refractivity contribution in [2.24, 2.45) is 0 Å². The van der Waals surface area contributed by atoms with Crippen LogP contribution in [0.15, 0.2) is 0 Å². The zero-order valence-electron chi connectivity index (χ0n) is 14.4. The van der Waals surface area contributed by atoms with Crippen molar-refractivity contribution in [3.05, 3.63) is 0 Å². The SMILES string of the molecule is [2H]C([2H])([C@]([2H])(O)CC(=O)O)[N+](C)(C)CC(=O)CCCCC. The van der Waals surface area contributed by atoms with Crippen molar-refractivity contribution >= 4 is 11.8 Å². The van der Waals surface area contributed by atoms with E-state index in [2.05, 4.69) is 0 Å². The molecule has 18 heavy (non-hydrogen) atoms. The molecule has 106 valence electrons. The summed E-state index contributed by atoms with van der Waals surface area (Å²) in [6.45, 7) is -0.779. The van der Waals surface area contributed by atoms with E-state index >= 15 is 0 Å². The first-order valence-electron chi connectivity index (χ1n) is 7.66. The molecule has 0 aliphatic carbocycles. The third kappa shape index (κ3) is 9.13. The number of quaternary nitrogens is 1. The van der Waals surface area contributed by atoms with Crippen molar-refractivity contribution in [3.63, 3.8) is 0 Å². The second kappa shape index (κ2) is 8.21. The third-order valence-electron chi connectivity index (χ3n) is 2.38. The maximum atomic E-state index is 11.9. The lowest BCUT2D eigenvalue weighted by Crippen LogP contribution is -2.48. The van der Waals surface area contributed by atoms with Crippen LogP contribution in [0.4, 0.5) is 0 Å². The number of unbranched alkanes of at least 4 members (excludes halogenated alkanes) is 2. The number of carbonyl (C=O) groups excluding carboxylic acids is 1. The average molecular weight is 263 g/mol. The minimum absolute atomic E-state index is 0.163. The van der Waals surface area contributed by atoms with Crippen LogP contribution >= 0.6 is 0 Å². The summed E-state index contributed by atoms with van der Waals surface area (Å²) in [7, 11) is 2.75. The Morgan fingerprint density at radius 3 is 2.50 bits per heavy atom. The van der Waals surface area contributed by atoms with Gasteiger partial charge in [-0.2, -0.15) is 0 Å². The number of carboxylic acid groups (broad SMARTS) is 1. The Morgan fingerprint density at radius 2 is 2.00 bits per heavy atom. The summed E-state index contributed by atoms with van der Waals surface area (Å²) in [6.07, 6.45) is -0.942. The molecule has 0 aliphatic rings. The van der Waals surface area contributed by atoms with Crippen molar-refractivity contribution in [1.82, 2.24) is 0 Å². The molecule has 5 heteroatoms. The van der Waals surface area contributed by atoms with Crippen LogP contribution in [0.5, 0.6) is 0 Å². The molecule has 0 unspecified atom stereocenters. The summed E-state index contributed by atoms with van der Waals surface area (Å²) >= 11 is 0. The zero-order chi connectivity index (χ0) is 16.9. The van der Waals surface area contributed by atoms with E-state index in [4.69, 9.17) is 9.22 Å². The van der Waals surface area contributed by atoms with E-state index < -0.39 is 29.5 Å². The average Bonchev–Trinajstić information content (AvgIpc) is 2.26. The van der Waals surface area contributed by atoms with Crippen molar-refractivity contribution in [2.45, 2.75) is 45.1 Å². The highest BCUT2D eigenvalue weighted by molar-refractivity contribution is 5.79. The Morgan fingerprint density at radius 1 is 1.39 bits per heavy atom. The molecule has 0 saturated heterocycles. The second-order valence-corrected chi connectivity index (χ2v) is 4.97. The lowest BCUT2D eigenvalue weighted by atomic mass is 10.1. The highest BCUT2D eigenvalue weighted by Gasteiger charge is 2.24. The molecule has 0 aromatic rings. The third-order valence-corrected chi connectivity index (χ3v) is 2.38. The van der Waals surface area contributed by atoms with E-state index in [0.29, 0.717) is 6.42 Å². The number of likely N-dealkylation sites (N-methyl/N-ethyl adjacent to an activating group) is 1. The number of rotatable bonds is 10. The fourth-order valence-electron chi connectivity index (χ4n) is 1.66. The van der Waals surface area contributed by atoms with Crippen molar-refractivity contribution in [1.29, 1.82) is 0 Å². The normalized spacial score (nSPS) is 18.3. The van der Waals surface area contributed by atoms with E-state index in [0.717, 1.165) is 19.3 Å². The van der Waals surface area contributed by atoms with Gasteiger partial charge in [0.05, 0.1) is 24.6 Å². The van der Waals surface area contributed by atoms with E-state index in [-0.39, 0.29) is 12.3 Å². The quantitative estimate of drug-likeness (QED) is 0.456. The highest BCUT2D eigenvalue weighted by Crippen LogP contribution is 2.07. The lowest BCUT2D eigenvalue weighted by molar-refractivity contribution is -0.885. The number of aliphatic hydroxyl groups is 1. The fraction of sp³-hybridized carbons (Fsp3) is 0.846. The molecule has 0 bridgehead atoms. The van der Waals surface area contributed by atoms with Crippen LogP contribution in [0.2, 0.25) is 0 Å². The van der Waals surface area contributed by atoms with Gasteiger partial charge >= 0.3 is 5.97 Å². The van der Waals surface area contributed by atoms with Gasteiger partial charge < -0.3 is 14.7 Å². The second-order valence-electron chi connectivity index (χ2n) is 4.97.